The standard InChI is InChI=1S/C17H17N5/c1-13-9-19-22(10-13)15-11-21(12-15)16-7-8-18-17(20-16)14-5-3-2-4-6-14/h2-10,15H,11-12H2,1H3. The van der Waals surface area contributed by atoms with Crippen LogP contribution in [0.3, 0.4) is 0 Å². The average molecular weight is 291 g/mol. The van der Waals surface area contributed by atoms with Crippen LogP contribution in [0.4, 0.5) is 5.82 Å². The Morgan fingerprint density at radius 1 is 1.09 bits per heavy atom. The molecule has 22 heavy (non-hydrogen) atoms. The van der Waals surface area contributed by atoms with Gasteiger partial charge in [0, 0.05) is 31.0 Å². The highest BCUT2D eigenvalue weighted by Crippen LogP contribution is 2.27. The van der Waals surface area contributed by atoms with E-state index in [0.29, 0.717) is 6.04 Å². The molecule has 0 unspecified atom stereocenters. The molecule has 4 rings (SSSR count). The summed E-state index contributed by atoms with van der Waals surface area (Å²) in [5, 5.41) is 4.39. The first-order valence-electron chi connectivity index (χ1n) is 7.44. The maximum Gasteiger partial charge on any atom is 0.161 e. The molecule has 0 radical (unpaired) electrons. The van der Waals surface area contributed by atoms with Gasteiger partial charge in [0.25, 0.3) is 0 Å². The lowest BCUT2D eigenvalue weighted by molar-refractivity contribution is 0.366. The van der Waals surface area contributed by atoms with Crippen LogP contribution in [-0.2, 0) is 0 Å². The normalized spacial score (nSPS) is 14.9. The first-order valence-corrected chi connectivity index (χ1v) is 7.44. The second-order valence-corrected chi connectivity index (χ2v) is 5.66. The summed E-state index contributed by atoms with van der Waals surface area (Å²) >= 11 is 0. The summed E-state index contributed by atoms with van der Waals surface area (Å²) in [6.07, 6.45) is 5.83. The minimum absolute atomic E-state index is 0.434. The quantitative estimate of drug-likeness (QED) is 0.744. The van der Waals surface area contributed by atoms with Gasteiger partial charge in [0.1, 0.15) is 5.82 Å². The van der Waals surface area contributed by atoms with Crippen LogP contribution in [0.25, 0.3) is 11.4 Å². The molecule has 1 aliphatic heterocycles. The molecule has 0 spiro atoms. The van der Waals surface area contributed by atoms with E-state index in [-0.39, 0.29) is 0 Å². The Morgan fingerprint density at radius 3 is 2.64 bits per heavy atom. The highest BCUT2D eigenvalue weighted by Gasteiger charge is 2.29. The summed E-state index contributed by atoms with van der Waals surface area (Å²) in [7, 11) is 0. The molecule has 110 valence electrons. The zero-order chi connectivity index (χ0) is 14.9. The molecule has 1 fully saturated rings. The number of rotatable bonds is 3. The van der Waals surface area contributed by atoms with Crippen LogP contribution in [-0.4, -0.2) is 32.8 Å². The van der Waals surface area contributed by atoms with E-state index in [1.54, 1.807) is 0 Å². The number of hydrogen-bond acceptors (Lipinski definition) is 4. The number of aromatic nitrogens is 4. The first kappa shape index (κ1) is 13.0. The number of aryl methyl sites for hydroxylation is 1. The molecule has 3 aromatic rings. The second-order valence-electron chi connectivity index (χ2n) is 5.66. The molecule has 1 saturated heterocycles. The molecular formula is C17H17N5. The summed E-state index contributed by atoms with van der Waals surface area (Å²) in [4.78, 5) is 11.3. The van der Waals surface area contributed by atoms with Crippen LogP contribution >= 0.6 is 0 Å². The number of anilines is 1. The Balaban J connectivity index is 1.51. The van der Waals surface area contributed by atoms with E-state index in [9.17, 15) is 0 Å². The highest BCUT2D eigenvalue weighted by molar-refractivity contribution is 5.57. The van der Waals surface area contributed by atoms with Gasteiger partial charge in [-0.15, -0.1) is 0 Å². The van der Waals surface area contributed by atoms with E-state index >= 15 is 0 Å². The van der Waals surface area contributed by atoms with E-state index in [1.807, 2.05) is 53.5 Å². The van der Waals surface area contributed by atoms with E-state index in [1.165, 1.54) is 5.56 Å². The lowest BCUT2D eigenvalue weighted by Crippen LogP contribution is -2.48. The van der Waals surface area contributed by atoms with Crippen LogP contribution in [0.2, 0.25) is 0 Å². The fraction of sp³-hybridized carbons (Fsp3) is 0.235. The largest absolute Gasteiger partial charge is 0.352 e. The second kappa shape index (κ2) is 5.26. The molecule has 0 saturated carbocycles. The minimum Gasteiger partial charge on any atom is -0.352 e. The minimum atomic E-state index is 0.434. The molecule has 0 aliphatic carbocycles. The summed E-state index contributed by atoms with van der Waals surface area (Å²) in [6, 6.07) is 12.5. The van der Waals surface area contributed by atoms with E-state index in [0.717, 1.165) is 30.3 Å². The molecular weight excluding hydrogens is 274 g/mol. The fourth-order valence-electron chi connectivity index (χ4n) is 2.69. The molecule has 2 aromatic heterocycles. The Kier molecular flexibility index (Phi) is 3.11. The van der Waals surface area contributed by atoms with Gasteiger partial charge in [0.05, 0.1) is 12.2 Å². The Labute approximate surface area is 129 Å². The van der Waals surface area contributed by atoms with Crippen molar-refractivity contribution in [3.8, 4) is 11.4 Å². The van der Waals surface area contributed by atoms with Gasteiger partial charge < -0.3 is 4.90 Å². The third kappa shape index (κ3) is 2.35. The summed E-state index contributed by atoms with van der Waals surface area (Å²) in [5.41, 5.74) is 2.25. The Bertz CT molecular complexity index is 775. The molecule has 0 N–H and O–H groups in total. The van der Waals surface area contributed by atoms with Crippen LogP contribution in [0.5, 0.6) is 0 Å². The monoisotopic (exact) mass is 291 g/mol. The van der Waals surface area contributed by atoms with Crippen LogP contribution in [0.1, 0.15) is 11.6 Å². The first-order chi connectivity index (χ1) is 10.8. The highest BCUT2D eigenvalue weighted by atomic mass is 15.4. The molecule has 5 heteroatoms. The van der Waals surface area contributed by atoms with Crippen molar-refractivity contribution in [2.75, 3.05) is 18.0 Å². The van der Waals surface area contributed by atoms with Crippen molar-refractivity contribution < 1.29 is 0 Å². The average Bonchev–Trinajstić information content (AvgIpc) is 2.93. The molecule has 1 aliphatic rings. The lowest BCUT2D eigenvalue weighted by atomic mass is 10.1. The Morgan fingerprint density at radius 2 is 1.91 bits per heavy atom. The molecule has 0 bridgehead atoms. The van der Waals surface area contributed by atoms with Gasteiger partial charge in [0.15, 0.2) is 5.82 Å². The summed E-state index contributed by atoms with van der Waals surface area (Å²) < 4.78 is 2.05. The number of benzene rings is 1. The van der Waals surface area contributed by atoms with Crippen molar-refractivity contribution in [3.05, 3.63) is 60.6 Å². The lowest BCUT2D eigenvalue weighted by Gasteiger charge is -2.40. The summed E-state index contributed by atoms with van der Waals surface area (Å²) in [6.45, 7) is 3.94. The zero-order valence-corrected chi connectivity index (χ0v) is 12.4. The van der Waals surface area contributed by atoms with E-state index in [2.05, 4.69) is 33.1 Å². The predicted octanol–water partition coefficient (Wildman–Crippen LogP) is 2.71. The van der Waals surface area contributed by atoms with Crippen molar-refractivity contribution in [2.24, 2.45) is 0 Å². The number of hydrogen-bond donors (Lipinski definition) is 0. The SMILES string of the molecule is Cc1cnn(C2CN(c3ccnc(-c4ccccc4)n3)C2)c1. The molecule has 0 atom stereocenters. The van der Waals surface area contributed by atoms with Gasteiger partial charge in [-0.2, -0.15) is 5.10 Å². The predicted molar refractivity (Wildman–Crippen MR) is 85.7 cm³/mol. The van der Waals surface area contributed by atoms with Crippen LogP contribution in [0.15, 0.2) is 55.0 Å². The maximum absolute atomic E-state index is 4.68. The summed E-state index contributed by atoms with van der Waals surface area (Å²) in [5.74, 6) is 1.76. The third-order valence-electron chi connectivity index (χ3n) is 3.96. The molecule has 3 heterocycles. The van der Waals surface area contributed by atoms with E-state index < -0.39 is 0 Å². The third-order valence-corrected chi connectivity index (χ3v) is 3.96. The van der Waals surface area contributed by atoms with Gasteiger partial charge in [0.2, 0.25) is 0 Å². The Hall–Kier alpha value is -2.69. The van der Waals surface area contributed by atoms with Gasteiger partial charge in [-0.1, -0.05) is 30.3 Å². The zero-order valence-electron chi connectivity index (χ0n) is 12.4. The van der Waals surface area contributed by atoms with Crippen molar-refractivity contribution in [2.45, 2.75) is 13.0 Å². The van der Waals surface area contributed by atoms with Gasteiger partial charge in [-0.05, 0) is 18.6 Å². The maximum atomic E-state index is 4.68. The van der Waals surface area contributed by atoms with Crippen LogP contribution in [0, 0.1) is 6.92 Å². The van der Waals surface area contributed by atoms with Gasteiger partial charge >= 0.3 is 0 Å². The fourth-order valence-corrected chi connectivity index (χ4v) is 2.69. The smallest absolute Gasteiger partial charge is 0.161 e. The van der Waals surface area contributed by atoms with Crippen LogP contribution < -0.4 is 4.90 Å². The topological polar surface area (TPSA) is 46.8 Å². The molecule has 0 amide bonds. The van der Waals surface area contributed by atoms with Crippen molar-refractivity contribution in [3.63, 3.8) is 0 Å². The van der Waals surface area contributed by atoms with Crippen molar-refractivity contribution >= 4 is 5.82 Å². The van der Waals surface area contributed by atoms with Gasteiger partial charge in [-0.3, -0.25) is 4.68 Å². The van der Waals surface area contributed by atoms with Crippen molar-refractivity contribution in [1.29, 1.82) is 0 Å². The van der Waals surface area contributed by atoms with E-state index in [4.69, 9.17) is 0 Å². The molecule has 5 nitrogen and oxygen atoms in total. The van der Waals surface area contributed by atoms with Crippen molar-refractivity contribution in [1.82, 2.24) is 19.7 Å². The molecule has 1 aromatic carbocycles. The van der Waals surface area contributed by atoms with Gasteiger partial charge in [-0.25, -0.2) is 9.97 Å². The number of nitrogens with zero attached hydrogens (tertiary/aromatic N) is 5.